The lowest BCUT2D eigenvalue weighted by molar-refractivity contribution is -0.140. The van der Waals surface area contributed by atoms with E-state index >= 15 is 0 Å². The molecule has 0 amide bonds. The molecule has 0 aromatic heterocycles. The topological polar surface area (TPSA) is 65.0 Å². The maximum absolute atomic E-state index is 14.3. The van der Waals surface area contributed by atoms with Crippen molar-refractivity contribution in [1.82, 2.24) is 0 Å². The lowest BCUT2D eigenvalue weighted by Gasteiger charge is -2.29. The van der Waals surface area contributed by atoms with Crippen LogP contribution in [0.15, 0.2) is 42.5 Å². The molecule has 5 nitrogen and oxygen atoms in total. The molecule has 0 bridgehead atoms. The number of carboxylic acids is 1. The van der Waals surface area contributed by atoms with Gasteiger partial charge in [-0.1, -0.05) is 12.1 Å². The number of aliphatic carboxylic acids is 1. The van der Waals surface area contributed by atoms with E-state index in [0.717, 1.165) is 36.8 Å². The van der Waals surface area contributed by atoms with Crippen molar-refractivity contribution in [3.8, 4) is 11.5 Å². The highest BCUT2D eigenvalue weighted by Crippen LogP contribution is 2.38. The fraction of sp³-hybridized carbons (Fsp3) is 0.480. The molecule has 31 heavy (non-hydrogen) atoms. The van der Waals surface area contributed by atoms with Crippen molar-refractivity contribution in [2.24, 2.45) is 5.92 Å². The van der Waals surface area contributed by atoms with Crippen LogP contribution in [0.4, 0.5) is 4.39 Å². The molecule has 1 atom stereocenters. The molecule has 3 rings (SSSR count). The van der Waals surface area contributed by atoms with Gasteiger partial charge in [-0.25, -0.2) is 4.39 Å². The van der Waals surface area contributed by atoms with Crippen molar-refractivity contribution in [3.63, 3.8) is 0 Å². The number of carboxylic acid groups (broad SMARTS) is 1. The van der Waals surface area contributed by atoms with Crippen LogP contribution in [0.2, 0.25) is 0 Å². The fourth-order valence-corrected chi connectivity index (χ4v) is 4.25. The molecule has 1 aliphatic rings. The molecule has 168 valence electrons. The van der Waals surface area contributed by atoms with Crippen molar-refractivity contribution in [2.75, 3.05) is 20.3 Å². The molecule has 1 saturated carbocycles. The number of benzene rings is 2. The van der Waals surface area contributed by atoms with E-state index in [-0.39, 0.29) is 18.2 Å². The predicted molar refractivity (Wildman–Crippen MR) is 116 cm³/mol. The lowest BCUT2D eigenvalue weighted by atomic mass is 9.79. The van der Waals surface area contributed by atoms with Crippen LogP contribution in [-0.4, -0.2) is 31.4 Å². The van der Waals surface area contributed by atoms with Gasteiger partial charge in [0.05, 0.1) is 26.2 Å². The number of carbonyl (C=O) groups is 1. The van der Waals surface area contributed by atoms with E-state index in [1.54, 1.807) is 13.2 Å². The zero-order valence-corrected chi connectivity index (χ0v) is 18.2. The van der Waals surface area contributed by atoms with Gasteiger partial charge in [0.15, 0.2) is 0 Å². The molecular formula is C25H31FO5. The molecule has 0 spiro atoms. The van der Waals surface area contributed by atoms with Crippen LogP contribution >= 0.6 is 0 Å². The summed E-state index contributed by atoms with van der Waals surface area (Å²) in [6.45, 7) is 2.89. The Hall–Kier alpha value is -2.60. The van der Waals surface area contributed by atoms with Crippen molar-refractivity contribution >= 4 is 5.97 Å². The van der Waals surface area contributed by atoms with E-state index in [1.165, 1.54) is 6.07 Å². The van der Waals surface area contributed by atoms with Crippen LogP contribution in [0.5, 0.6) is 11.5 Å². The maximum atomic E-state index is 14.3. The van der Waals surface area contributed by atoms with E-state index in [1.807, 2.05) is 37.3 Å². The Bertz CT molecular complexity index is 861. The van der Waals surface area contributed by atoms with E-state index in [9.17, 15) is 9.18 Å². The maximum Gasteiger partial charge on any atom is 0.306 e. The van der Waals surface area contributed by atoms with Gasteiger partial charge in [0.2, 0.25) is 0 Å². The molecule has 6 heteroatoms. The van der Waals surface area contributed by atoms with Crippen LogP contribution in [0.25, 0.3) is 0 Å². The van der Waals surface area contributed by atoms with Gasteiger partial charge in [-0.05, 0) is 85.9 Å². The van der Waals surface area contributed by atoms with Gasteiger partial charge >= 0.3 is 5.97 Å². The zero-order valence-electron chi connectivity index (χ0n) is 18.2. The zero-order chi connectivity index (χ0) is 22.2. The van der Waals surface area contributed by atoms with Gasteiger partial charge < -0.3 is 19.3 Å². The van der Waals surface area contributed by atoms with Crippen LogP contribution in [0.1, 0.15) is 62.2 Å². The first-order chi connectivity index (χ1) is 15.0. The summed E-state index contributed by atoms with van der Waals surface area (Å²) in [5, 5.41) is 9.12. The Morgan fingerprint density at radius 1 is 1.13 bits per heavy atom. The number of hydrogen-bond acceptors (Lipinski definition) is 4. The molecule has 2 aromatic carbocycles. The standard InChI is InChI=1S/C25H31FO5/c1-3-30-24(15-25(27)28)19-5-4-6-21(13-19)31-16-17-7-9-18(10-8-17)22-14-20(29-2)11-12-23(22)26/h4-6,11-14,17-18,24H,3,7-10,15-16H2,1-2H3,(H,27,28)/t17-,18+,24?. The second kappa shape index (κ2) is 11.1. The summed E-state index contributed by atoms with van der Waals surface area (Å²) in [4.78, 5) is 11.1. The highest BCUT2D eigenvalue weighted by atomic mass is 19.1. The Balaban J connectivity index is 1.54. The lowest BCUT2D eigenvalue weighted by Crippen LogP contribution is -2.20. The van der Waals surface area contributed by atoms with Gasteiger partial charge in [0, 0.05) is 6.61 Å². The van der Waals surface area contributed by atoms with Gasteiger partial charge in [-0.15, -0.1) is 0 Å². The number of hydrogen-bond donors (Lipinski definition) is 1. The second-order valence-electron chi connectivity index (χ2n) is 8.03. The number of ether oxygens (including phenoxy) is 3. The molecule has 0 heterocycles. The summed E-state index contributed by atoms with van der Waals surface area (Å²) in [6, 6.07) is 12.4. The van der Waals surface area contributed by atoms with E-state index in [4.69, 9.17) is 19.3 Å². The highest BCUT2D eigenvalue weighted by molar-refractivity contribution is 5.67. The van der Waals surface area contributed by atoms with Crippen LogP contribution in [0.3, 0.4) is 0 Å². The first-order valence-corrected chi connectivity index (χ1v) is 10.9. The van der Waals surface area contributed by atoms with Gasteiger partial charge in [0.25, 0.3) is 0 Å². The van der Waals surface area contributed by atoms with Crippen LogP contribution in [0, 0.1) is 11.7 Å². The third-order valence-electron chi connectivity index (χ3n) is 5.93. The van der Waals surface area contributed by atoms with Gasteiger partial charge in [-0.3, -0.25) is 4.79 Å². The van der Waals surface area contributed by atoms with Crippen molar-refractivity contribution in [2.45, 2.75) is 51.0 Å². The minimum absolute atomic E-state index is 0.0812. The number of methoxy groups -OCH3 is 1. The Labute approximate surface area is 183 Å². The minimum atomic E-state index is -0.894. The SMILES string of the molecule is CCOC(CC(=O)O)c1cccc(OC[C@H]2CC[C@@H](c3cc(OC)ccc3F)CC2)c1. The van der Waals surface area contributed by atoms with E-state index < -0.39 is 12.1 Å². The van der Waals surface area contributed by atoms with E-state index in [0.29, 0.717) is 30.6 Å². The molecule has 0 saturated heterocycles. The average molecular weight is 431 g/mol. The first-order valence-electron chi connectivity index (χ1n) is 10.9. The third kappa shape index (κ3) is 6.44. The minimum Gasteiger partial charge on any atom is -0.497 e. The second-order valence-corrected chi connectivity index (χ2v) is 8.03. The summed E-state index contributed by atoms with van der Waals surface area (Å²) in [6.07, 6.45) is 3.22. The number of halogens is 1. The van der Waals surface area contributed by atoms with Gasteiger partial charge in [-0.2, -0.15) is 0 Å². The largest absolute Gasteiger partial charge is 0.497 e. The highest BCUT2D eigenvalue weighted by Gasteiger charge is 2.25. The Morgan fingerprint density at radius 3 is 2.58 bits per heavy atom. The molecule has 1 aliphatic carbocycles. The fourth-order valence-electron chi connectivity index (χ4n) is 4.25. The van der Waals surface area contributed by atoms with Crippen LogP contribution in [-0.2, 0) is 9.53 Å². The van der Waals surface area contributed by atoms with Crippen LogP contribution < -0.4 is 9.47 Å². The summed E-state index contributed by atoms with van der Waals surface area (Å²) in [7, 11) is 1.60. The monoisotopic (exact) mass is 430 g/mol. The molecular weight excluding hydrogens is 399 g/mol. The smallest absolute Gasteiger partial charge is 0.306 e. The molecule has 0 radical (unpaired) electrons. The third-order valence-corrected chi connectivity index (χ3v) is 5.93. The quantitative estimate of drug-likeness (QED) is 0.521. The molecule has 1 fully saturated rings. The molecule has 1 N–H and O–H groups in total. The van der Waals surface area contributed by atoms with Crippen molar-refractivity contribution in [3.05, 3.63) is 59.4 Å². The van der Waals surface area contributed by atoms with Crippen molar-refractivity contribution < 1.29 is 28.5 Å². The Morgan fingerprint density at radius 2 is 1.90 bits per heavy atom. The summed E-state index contributed by atoms with van der Waals surface area (Å²) >= 11 is 0. The predicted octanol–water partition coefficient (Wildman–Crippen LogP) is 5.74. The first kappa shape index (κ1) is 23.1. The van der Waals surface area contributed by atoms with E-state index in [2.05, 4.69) is 0 Å². The van der Waals surface area contributed by atoms with Gasteiger partial charge in [0.1, 0.15) is 17.3 Å². The summed E-state index contributed by atoms with van der Waals surface area (Å²) in [5.74, 6) is 0.966. The molecule has 1 unspecified atom stereocenters. The molecule has 0 aliphatic heterocycles. The summed E-state index contributed by atoms with van der Waals surface area (Å²) < 4.78 is 31.1. The normalized spacial score (nSPS) is 19.6. The van der Waals surface area contributed by atoms with Crippen molar-refractivity contribution in [1.29, 1.82) is 0 Å². The Kier molecular flexibility index (Phi) is 8.29. The number of rotatable bonds is 10. The average Bonchev–Trinajstić information content (AvgIpc) is 2.78. The molecule has 2 aromatic rings. The summed E-state index contributed by atoms with van der Waals surface area (Å²) in [5.41, 5.74) is 1.55.